The Bertz CT molecular complexity index is 517. The molecule has 0 unspecified atom stereocenters. The van der Waals surface area contributed by atoms with Gasteiger partial charge in [0.05, 0.1) is 18.7 Å². The van der Waals surface area contributed by atoms with Crippen LogP contribution in [0, 0.1) is 12.4 Å². The van der Waals surface area contributed by atoms with Crippen LogP contribution in [0.25, 0.3) is 9.33 Å². The molecule has 0 atom stereocenters. The third-order valence-corrected chi connectivity index (χ3v) is 2.97. The molecule has 1 aromatic carbocycles. The van der Waals surface area contributed by atoms with E-state index >= 15 is 0 Å². The molecule has 0 spiro atoms. The van der Waals surface area contributed by atoms with Crippen LogP contribution in [0.5, 0.6) is 0 Å². The number of nitrogens with zero attached hydrogens (tertiary/aromatic N) is 1. The third kappa shape index (κ3) is 2.84. The highest BCUT2D eigenvalue weighted by Crippen LogP contribution is 2.33. The van der Waals surface area contributed by atoms with Gasteiger partial charge in [-0.1, -0.05) is 33.6 Å². The van der Waals surface area contributed by atoms with E-state index in [2.05, 4.69) is 25.5 Å². The van der Waals surface area contributed by atoms with E-state index in [0.717, 1.165) is 7.11 Å². The lowest BCUT2D eigenvalue weighted by molar-refractivity contribution is -0.135. The Labute approximate surface area is 111 Å². The fourth-order valence-corrected chi connectivity index (χ4v) is 2.13. The maximum absolute atomic E-state index is 13.6. The number of methoxy groups -OCH3 is 1. The van der Waals surface area contributed by atoms with Crippen LogP contribution in [-0.2, 0) is 9.53 Å². The van der Waals surface area contributed by atoms with Crippen molar-refractivity contribution in [3.8, 4) is 0 Å². The lowest BCUT2D eigenvalue weighted by atomic mass is 10.2. The molecule has 3 nitrogen and oxygen atoms in total. The lowest BCUT2D eigenvalue weighted by Crippen LogP contribution is -2.03. The van der Waals surface area contributed by atoms with Gasteiger partial charge >= 0.3 is 5.97 Å². The smallest absolute Gasteiger partial charge is 0.337 e. The summed E-state index contributed by atoms with van der Waals surface area (Å²) in [4.78, 5) is 14.3. The number of esters is 1. The maximum atomic E-state index is 13.6. The largest absolute Gasteiger partial charge is 0.474 e. The Hall–Kier alpha value is -1.38. The number of rotatable bonds is 2. The van der Waals surface area contributed by atoms with Crippen molar-refractivity contribution in [2.75, 3.05) is 7.11 Å². The van der Waals surface area contributed by atoms with Crippen LogP contribution in [-0.4, -0.2) is 13.1 Å². The molecule has 0 bridgehead atoms. The van der Waals surface area contributed by atoms with Gasteiger partial charge in [0, 0.05) is 10.0 Å². The molecule has 1 rings (SSSR count). The highest BCUT2D eigenvalue weighted by atomic mass is 79.9. The van der Waals surface area contributed by atoms with E-state index in [-0.39, 0.29) is 20.8 Å². The first-order chi connectivity index (χ1) is 8.02. The molecule has 0 aromatic heterocycles. The number of halogens is 3. The standard InChI is InChI=1S/C11H6BrClFNO2/c1-15-10(11(16)17-2)9(12)8-6(13)4-3-5-7(8)14/h3-5H,2H3. The molecule has 6 heteroatoms. The normalized spacial score (nSPS) is 11.5. The summed E-state index contributed by atoms with van der Waals surface area (Å²) in [5.41, 5.74) is -0.398. The molecule has 0 saturated carbocycles. The highest BCUT2D eigenvalue weighted by molar-refractivity contribution is 9.15. The number of benzene rings is 1. The van der Waals surface area contributed by atoms with Crippen molar-refractivity contribution in [2.45, 2.75) is 0 Å². The van der Waals surface area contributed by atoms with Crippen molar-refractivity contribution in [1.29, 1.82) is 0 Å². The number of hydrogen-bond donors (Lipinski definition) is 0. The minimum Gasteiger partial charge on any atom is -0.474 e. The van der Waals surface area contributed by atoms with E-state index in [1.807, 2.05) is 0 Å². The highest BCUT2D eigenvalue weighted by Gasteiger charge is 2.20. The molecule has 0 fully saturated rings. The molecule has 0 radical (unpaired) electrons. The molecule has 1 aromatic rings. The Morgan fingerprint density at radius 2 is 2.24 bits per heavy atom. The molecule has 0 aliphatic carbocycles. The zero-order chi connectivity index (χ0) is 13.0. The summed E-state index contributed by atoms with van der Waals surface area (Å²) >= 11 is 8.81. The van der Waals surface area contributed by atoms with Crippen molar-refractivity contribution >= 4 is 38.0 Å². The fraction of sp³-hybridized carbons (Fsp3) is 0.0909. The Morgan fingerprint density at radius 3 is 2.71 bits per heavy atom. The Morgan fingerprint density at radius 1 is 1.59 bits per heavy atom. The summed E-state index contributed by atoms with van der Waals surface area (Å²) in [6.07, 6.45) is 0. The van der Waals surface area contributed by atoms with Crippen LogP contribution in [0.2, 0.25) is 5.02 Å². The number of carbonyl (C=O) groups is 1. The topological polar surface area (TPSA) is 30.7 Å². The van der Waals surface area contributed by atoms with Gasteiger partial charge in [0.15, 0.2) is 0 Å². The molecular formula is C11H6BrClFNO2. The summed E-state index contributed by atoms with van der Waals surface area (Å²) in [5, 5.41) is 0.0990. The summed E-state index contributed by atoms with van der Waals surface area (Å²) in [7, 11) is 1.14. The van der Waals surface area contributed by atoms with Crippen molar-refractivity contribution in [1.82, 2.24) is 0 Å². The molecule has 0 saturated heterocycles. The Kier molecular flexibility index (Phi) is 4.67. The van der Waals surface area contributed by atoms with E-state index in [9.17, 15) is 9.18 Å². The van der Waals surface area contributed by atoms with Gasteiger partial charge in [0.1, 0.15) is 5.82 Å². The Balaban J connectivity index is 3.47. The zero-order valence-corrected chi connectivity index (χ0v) is 11.0. The van der Waals surface area contributed by atoms with Crippen molar-refractivity contribution in [2.24, 2.45) is 0 Å². The molecular weight excluding hydrogens is 312 g/mol. The number of ether oxygens (including phenoxy) is 1. The van der Waals surface area contributed by atoms with Crippen molar-refractivity contribution < 1.29 is 13.9 Å². The quantitative estimate of drug-likeness (QED) is 0.473. The average Bonchev–Trinajstić information content (AvgIpc) is 2.29. The average molecular weight is 319 g/mol. The first-order valence-corrected chi connectivity index (χ1v) is 5.50. The van der Waals surface area contributed by atoms with Crippen LogP contribution in [0.1, 0.15) is 5.56 Å². The molecule has 0 heterocycles. The maximum Gasteiger partial charge on any atom is 0.337 e. The van der Waals surface area contributed by atoms with Crippen molar-refractivity contribution in [3.63, 3.8) is 0 Å². The van der Waals surface area contributed by atoms with Crippen LogP contribution < -0.4 is 0 Å². The second kappa shape index (κ2) is 5.80. The van der Waals surface area contributed by atoms with E-state index in [4.69, 9.17) is 18.2 Å². The summed E-state index contributed by atoms with van der Waals surface area (Å²) in [6.45, 7) is 6.89. The van der Waals surface area contributed by atoms with Gasteiger partial charge in [-0.2, -0.15) is 0 Å². The minimum absolute atomic E-state index is 0.0255. The monoisotopic (exact) mass is 317 g/mol. The summed E-state index contributed by atoms with van der Waals surface area (Å²) < 4.78 is 18.0. The summed E-state index contributed by atoms with van der Waals surface area (Å²) in [5.74, 6) is -1.49. The molecule has 0 aliphatic heterocycles. The van der Waals surface area contributed by atoms with E-state index in [0.29, 0.717) is 0 Å². The lowest BCUT2D eigenvalue weighted by Gasteiger charge is -2.06. The molecule has 0 aliphatic rings. The third-order valence-electron chi connectivity index (χ3n) is 1.88. The number of hydrogen-bond acceptors (Lipinski definition) is 2. The van der Waals surface area contributed by atoms with Gasteiger partial charge < -0.3 is 4.74 Å². The van der Waals surface area contributed by atoms with Crippen LogP contribution in [0.4, 0.5) is 4.39 Å². The van der Waals surface area contributed by atoms with Gasteiger partial charge in [-0.25, -0.2) is 9.24 Å². The van der Waals surface area contributed by atoms with E-state index in [1.165, 1.54) is 18.2 Å². The number of carbonyl (C=O) groups excluding carboxylic acids is 1. The summed E-state index contributed by atoms with van der Waals surface area (Å²) in [6, 6.07) is 4.07. The minimum atomic E-state index is -0.855. The van der Waals surface area contributed by atoms with Gasteiger partial charge in [0.2, 0.25) is 0 Å². The second-order valence-electron chi connectivity index (χ2n) is 2.86. The van der Waals surface area contributed by atoms with Crippen LogP contribution in [0.15, 0.2) is 23.9 Å². The molecule has 0 N–H and O–H groups in total. The second-order valence-corrected chi connectivity index (χ2v) is 4.06. The van der Waals surface area contributed by atoms with Gasteiger partial charge in [-0.3, -0.25) is 4.79 Å². The van der Waals surface area contributed by atoms with Crippen LogP contribution >= 0.6 is 27.5 Å². The van der Waals surface area contributed by atoms with E-state index < -0.39 is 11.8 Å². The van der Waals surface area contributed by atoms with E-state index in [1.54, 1.807) is 0 Å². The van der Waals surface area contributed by atoms with Crippen molar-refractivity contribution in [3.05, 3.63) is 51.7 Å². The molecule has 17 heavy (non-hydrogen) atoms. The predicted molar refractivity (Wildman–Crippen MR) is 65.9 cm³/mol. The predicted octanol–water partition coefficient (Wildman–Crippen LogP) is 3.63. The van der Waals surface area contributed by atoms with Gasteiger partial charge in [-0.15, -0.1) is 0 Å². The first-order valence-electron chi connectivity index (χ1n) is 4.32. The fourth-order valence-electron chi connectivity index (χ4n) is 1.11. The van der Waals surface area contributed by atoms with Gasteiger partial charge in [-0.05, 0) is 12.1 Å². The first kappa shape index (κ1) is 13.7. The molecule has 0 amide bonds. The van der Waals surface area contributed by atoms with Crippen LogP contribution in [0.3, 0.4) is 0 Å². The van der Waals surface area contributed by atoms with Gasteiger partial charge in [0.25, 0.3) is 5.70 Å². The molecule has 88 valence electrons. The SMILES string of the molecule is [C-]#[N+]C(C(=O)OC)=C(Br)c1c(F)cccc1Cl. The zero-order valence-electron chi connectivity index (χ0n) is 8.63.